The van der Waals surface area contributed by atoms with Crippen molar-refractivity contribution in [1.82, 2.24) is 14.7 Å². The molecule has 1 aromatic heterocycles. The molecule has 3 aromatic rings. The smallest absolute Gasteiger partial charge is 0.0679 e. The van der Waals surface area contributed by atoms with Crippen molar-refractivity contribution in [3.05, 3.63) is 71.0 Å². The maximum Gasteiger partial charge on any atom is 0.0679 e. The van der Waals surface area contributed by atoms with Crippen LogP contribution >= 0.6 is 11.6 Å². The van der Waals surface area contributed by atoms with E-state index in [0.717, 1.165) is 49.6 Å². The number of halogens is 1. The predicted octanol–water partition coefficient (Wildman–Crippen LogP) is 5.13. The zero-order valence-electron chi connectivity index (χ0n) is 16.9. The van der Waals surface area contributed by atoms with Crippen LogP contribution < -0.4 is 5.32 Å². The van der Waals surface area contributed by atoms with Gasteiger partial charge in [0.2, 0.25) is 0 Å². The molecular formula is C24H27ClN4. The van der Waals surface area contributed by atoms with E-state index in [1.165, 1.54) is 34.1 Å². The zero-order valence-corrected chi connectivity index (χ0v) is 17.7. The van der Waals surface area contributed by atoms with Gasteiger partial charge in [0.1, 0.15) is 0 Å². The van der Waals surface area contributed by atoms with Crippen molar-refractivity contribution in [2.45, 2.75) is 31.1 Å². The first kappa shape index (κ1) is 18.7. The molecule has 0 amide bonds. The number of allylic oxidation sites excluding steroid dienone is 1. The fourth-order valence-corrected chi connectivity index (χ4v) is 5.24. The highest BCUT2D eigenvalue weighted by Crippen LogP contribution is 2.50. The van der Waals surface area contributed by atoms with Crippen molar-refractivity contribution in [3.8, 4) is 0 Å². The minimum Gasteiger partial charge on any atom is -0.358 e. The molecule has 5 heteroatoms. The van der Waals surface area contributed by atoms with Crippen molar-refractivity contribution < 1.29 is 0 Å². The molecule has 0 atom stereocenters. The Labute approximate surface area is 177 Å². The predicted molar refractivity (Wildman–Crippen MR) is 121 cm³/mol. The van der Waals surface area contributed by atoms with Gasteiger partial charge in [0.05, 0.1) is 11.7 Å². The molecule has 0 radical (unpaired) electrons. The van der Waals surface area contributed by atoms with Crippen LogP contribution in [0.15, 0.2) is 54.9 Å². The highest BCUT2D eigenvalue weighted by atomic mass is 35.5. The molecule has 150 valence electrons. The van der Waals surface area contributed by atoms with Crippen LogP contribution in [0.4, 0.5) is 5.69 Å². The van der Waals surface area contributed by atoms with Crippen LogP contribution in [0.25, 0.3) is 10.9 Å². The highest BCUT2D eigenvalue weighted by Gasteiger charge is 2.44. The van der Waals surface area contributed by atoms with Crippen LogP contribution in [-0.4, -0.2) is 34.3 Å². The van der Waals surface area contributed by atoms with Gasteiger partial charge in [0, 0.05) is 34.3 Å². The molecule has 2 aliphatic heterocycles. The van der Waals surface area contributed by atoms with Crippen molar-refractivity contribution in [2.24, 2.45) is 7.05 Å². The number of aryl methyl sites for hydroxylation is 2. The number of fused-ring (bicyclic) bond motifs is 3. The van der Waals surface area contributed by atoms with Gasteiger partial charge in [-0.3, -0.25) is 4.68 Å². The number of hydrogen-bond acceptors (Lipinski definition) is 3. The molecular weight excluding hydrogens is 380 g/mol. The number of aromatic nitrogens is 2. The summed E-state index contributed by atoms with van der Waals surface area (Å²) in [4.78, 5) is 2.60. The number of benzene rings is 2. The standard InChI is InChI=1S/C24H27ClN4/c1-17-24(21-15-20(25)6-7-22(21)27-17)9-12-29(13-10-24)11-3-4-18-5-8-23-19(14-18)16-26-28(23)2/h5-8,14-16,27H,1,3-4,9-13H2,2H3. The van der Waals surface area contributed by atoms with Crippen molar-refractivity contribution in [3.63, 3.8) is 0 Å². The summed E-state index contributed by atoms with van der Waals surface area (Å²) in [5.74, 6) is 0. The number of nitrogens with zero attached hydrogens (tertiary/aromatic N) is 3. The summed E-state index contributed by atoms with van der Waals surface area (Å²) in [7, 11) is 1.99. The van der Waals surface area contributed by atoms with E-state index in [9.17, 15) is 0 Å². The summed E-state index contributed by atoms with van der Waals surface area (Å²) in [5, 5.41) is 9.89. The van der Waals surface area contributed by atoms with Gasteiger partial charge in [0.15, 0.2) is 0 Å². The number of rotatable bonds is 4. The lowest BCUT2D eigenvalue weighted by atomic mass is 9.72. The lowest BCUT2D eigenvalue weighted by Crippen LogP contribution is -2.43. The van der Waals surface area contributed by atoms with Crippen LogP contribution in [0.2, 0.25) is 5.02 Å². The van der Waals surface area contributed by atoms with Crippen LogP contribution in [-0.2, 0) is 18.9 Å². The highest BCUT2D eigenvalue weighted by molar-refractivity contribution is 6.30. The van der Waals surface area contributed by atoms with E-state index in [4.69, 9.17) is 11.6 Å². The van der Waals surface area contributed by atoms with E-state index in [1.807, 2.05) is 24.0 Å². The third kappa shape index (κ3) is 3.24. The molecule has 0 saturated carbocycles. The van der Waals surface area contributed by atoms with E-state index in [2.05, 4.69) is 52.2 Å². The Morgan fingerprint density at radius 1 is 1.17 bits per heavy atom. The Kier molecular flexibility index (Phi) is 4.64. The van der Waals surface area contributed by atoms with Gasteiger partial charge in [0.25, 0.3) is 0 Å². The van der Waals surface area contributed by atoms with Crippen LogP contribution in [0.5, 0.6) is 0 Å². The van der Waals surface area contributed by atoms with Gasteiger partial charge >= 0.3 is 0 Å². The van der Waals surface area contributed by atoms with E-state index < -0.39 is 0 Å². The monoisotopic (exact) mass is 406 g/mol. The molecule has 29 heavy (non-hydrogen) atoms. The molecule has 1 saturated heterocycles. The molecule has 0 bridgehead atoms. The SMILES string of the molecule is C=C1Nc2ccc(Cl)cc2C12CCN(CCCc1ccc3c(cnn3C)c1)CC2. The molecule has 1 N–H and O–H groups in total. The fraction of sp³-hybridized carbons (Fsp3) is 0.375. The second-order valence-corrected chi connectivity index (χ2v) is 8.92. The second-order valence-electron chi connectivity index (χ2n) is 8.48. The third-order valence-electron chi connectivity index (χ3n) is 6.82. The number of nitrogens with one attached hydrogen (secondary N) is 1. The maximum atomic E-state index is 6.29. The minimum atomic E-state index is 0.0437. The van der Waals surface area contributed by atoms with E-state index in [0.29, 0.717) is 0 Å². The molecule has 2 aliphatic rings. The van der Waals surface area contributed by atoms with Gasteiger partial charge in [-0.05, 0) is 86.8 Å². The number of likely N-dealkylation sites (tertiary alicyclic amines) is 1. The first-order valence-corrected chi connectivity index (χ1v) is 10.8. The van der Waals surface area contributed by atoms with Gasteiger partial charge in [-0.15, -0.1) is 0 Å². The first-order valence-electron chi connectivity index (χ1n) is 10.4. The molecule has 3 heterocycles. The Bertz CT molecular complexity index is 1080. The lowest BCUT2D eigenvalue weighted by molar-refractivity contribution is 0.179. The number of anilines is 1. The van der Waals surface area contributed by atoms with Gasteiger partial charge < -0.3 is 10.2 Å². The first-order chi connectivity index (χ1) is 14.0. The van der Waals surface area contributed by atoms with E-state index >= 15 is 0 Å². The third-order valence-corrected chi connectivity index (χ3v) is 7.06. The molecule has 4 nitrogen and oxygen atoms in total. The molecule has 1 spiro atoms. The normalized spacial score (nSPS) is 18.3. The molecule has 5 rings (SSSR count). The largest absolute Gasteiger partial charge is 0.358 e. The van der Waals surface area contributed by atoms with E-state index in [-0.39, 0.29) is 5.41 Å². The summed E-state index contributed by atoms with van der Waals surface area (Å²) in [5.41, 5.74) is 6.29. The van der Waals surface area contributed by atoms with Crippen LogP contribution in [0, 0.1) is 0 Å². The lowest BCUT2D eigenvalue weighted by Gasteiger charge is -2.40. The van der Waals surface area contributed by atoms with Crippen LogP contribution in [0.1, 0.15) is 30.4 Å². The van der Waals surface area contributed by atoms with E-state index in [1.54, 1.807) is 0 Å². The molecule has 2 aromatic carbocycles. The summed E-state index contributed by atoms with van der Waals surface area (Å²) in [6.45, 7) is 7.70. The average Bonchev–Trinajstić information content (AvgIpc) is 3.21. The topological polar surface area (TPSA) is 33.1 Å². The molecule has 0 unspecified atom stereocenters. The number of piperidine rings is 1. The minimum absolute atomic E-state index is 0.0437. The average molecular weight is 407 g/mol. The Balaban J connectivity index is 1.19. The molecule has 1 fully saturated rings. The summed E-state index contributed by atoms with van der Waals surface area (Å²) in [6.07, 6.45) is 6.46. The van der Waals surface area contributed by atoms with Crippen molar-refractivity contribution >= 4 is 28.2 Å². The summed E-state index contributed by atoms with van der Waals surface area (Å²) in [6, 6.07) is 12.9. The number of hydrogen-bond donors (Lipinski definition) is 1. The van der Waals surface area contributed by atoms with Gasteiger partial charge in [-0.1, -0.05) is 24.2 Å². The fourth-order valence-electron chi connectivity index (χ4n) is 5.07. The maximum absolute atomic E-state index is 6.29. The van der Waals surface area contributed by atoms with Gasteiger partial charge in [-0.25, -0.2) is 0 Å². The van der Waals surface area contributed by atoms with Crippen molar-refractivity contribution in [1.29, 1.82) is 0 Å². The summed E-state index contributed by atoms with van der Waals surface area (Å²) < 4.78 is 1.93. The Morgan fingerprint density at radius 2 is 2.00 bits per heavy atom. The second kappa shape index (κ2) is 7.19. The Hall–Kier alpha value is -2.30. The Morgan fingerprint density at radius 3 is 2.83 bits per heavy atom. The quantitative estimate of drug-likeness (QED) is 0.651. The van der Waals surface area contributed by atoms with Crippen LogP contribution in [0.3, 0.4) is 0 Å². The molecule has 0 aliphatic carbocycles. The summed E-state index contributed by atoms with van der Waals surface area (Å²) >= 11 is 6.29. The van der Waals surface area contributed by atoms with Gasteiger partial charge in [-0.2, -0.15) is 5.10 Å². The zero-order chi connectivity index (χ0) is 20.0. The van der Waals surface area contributed by atoms with Crippen molar-refractivity contribution in [2.75, 3.05) is 25.0 Å².